The summed E-state index contributed by atoms with van der Waals surface area (Å²) in [6.45, 7) is 5.90. The molecule has 1 aliphatic heterocycles. The number of rotatable bonds is 6. The molecule has 0 aromatic rings. The highest BCUT2D eigenvalue weighted by atomic mass is 16.5. The molecular formula is C13H24N2O4. The van der Waals surface area contributed by atoms with Gasteiger partial charge in [-0.2, -0.15) is 0 Å². The molecule has 1 saturated heterocycles. The fourth-order valence-electron chi connectivity index (χ4n) is 2.23. The largest absolute Gasteiger partial charge is 0.481 e. The number of likely N-dealkylation sites (tertiary alicyclic amines) is 1. The average Bonchev–Trinajstić information content (AvgIpc) is 2.88. The fourth-order valence-corrected chi connectivity index (χ4v) is 2.23. The first-order chi connectivity index (χ1) is 9.01. The van der Waals surface area contributed by atoms with Gasteiger partial charge in [-0.1, -0.05) is 6.92 Å². The number of aliphatic carboxylic acids is 1. The molecule has 2 amide bonds. The zero-order valence-corrected chi connectivity index (χ0v) is 12.0. The van der Waals surface area contributed by atoms with Crippen LogP contribution in [0.3, 0.4) is 0 Å². The second-order valence-corrected chi connectivity index (χ2v) is 5.00. The minimum Gasteiger partial charge on any atom is -0.481 e. The lowest BCUT2D eigenvalue weighted by Crippen LogP contribution is -2.47. The first kappa shape index (κ1) is 15.8. The standard InChI is InChI=1S/C13H24N2O4/c1-4-10(2)15(7-8-19-3)13(18)14-6-5-11(9-14)12(16)17/h10-11H,4-9H2,1-3H3,(H,16,17). The van der Waals surface area contributed by atoms with E-state index in [0.29, 0.717) is 32.7 Å². The van der Waals surface area contributed by atoms with Crippen LogP contribution in [0.25, 0.3) is 0 Å². The summed E-state index contributed by atoms with van der Waals surface area (Å²) >= 11 is 0. The molecular weight excluding hydrogens is 248 g/mol. The second kappa shape index (κ2) is 7.33. The first-order valence-electron chi connectivity index (χ1n) is 6.78. The van der Waals surface area contributed by atoms with E-state index >= 15 is 0 Å². The van der Waals surface area contributed by atoms with E-state index < -0.39 is 11.9 Å². The van der Waals surface area contributed by atoms with Gasteiger partial charge in [0.05, 0.1) is 12.5 Å². The number of hydrogen-bond acceptors (Lipinski definition) is 3. The van der Waals surface area contributed by atoms with E-state index in [9.17, 15) is 9.59 Å². The van der Waals surface area contributed by atoms with Crippen LogP contribution in [-0.2, 0) is 9.53 Å². The SMILES string of the molecule is CCC(C)N(CCOC)C(=O)N1CCC(C(=O)O)C1. The molecule has 0 aromatic carbocycles. The number of nitrogens with zero attached hydrogens (tertiary/aromatic N) is 2. The van der Waals surface area contributed by atoms with Crippen molar-refractivity contribution in [1.29, 1.82) is 0 Å². The highest BCUT2D eigenvalue weighted by molar-refractivity contribution is 5.77. The summed E-state index contributed by atoms with van der Waals surface area (Å²) in [5.74, 6) is -1.24. The average molecular weight is 272 g/mol. The Kier molecular flexibility index (Phi) is 6.08. The van der Waals surface area contributed by atoms with E-state index in [1.165, 1.54) is 0 Å². The lowest BCUT2D eigenvalue weighted by atomic mass is 10.1. The molecule has 19 heavy (non-hydrogen) atoms. The van der Waals surface area contributed by atoms with Crippen molar-refractivity contribution in [3.05, 3.63) is 0 Å². The molecule has 0 aliphatic carbocycles. The maximum absolute atomic E-state index is 12.4. The van der Waals surface area contributed by atoms with Crippen LogP contribution in [0, 0.1) is 5.92 Å². The summed E-state index contributed by atoms with van der Waals surface area (Å²) in [6.07, 6.45) is 1.41. The van der Waals surface area contributed by atoms with E-state index in [-0.39, 0.29) is 12.1 Å². The van der Waals surface area contributed by atoms with Gasteiger partial charge in [0.25, 0.3) is 0 Å². The predicted octanol–water partition coefficient (Wildman–Crippen LogP) is 1.26. The molecule has 1 N–H and O–H groups in total. The van der Waals surface area contributed by atoms with Gasteiger partial charge in [-0.25, -0.2) is 4.79 Å². The van der Waals surface area contributed by atoms with Crippen molar-refractivity contribution in [3.63, 3.8) is 0 Å². The lowest BCUT2D eigenvalue weighted by Gasteiger charge is -2.32. The van der Waals surface area contributed by atoms with Crippen molar-refractivity contribution in [3.8, 4) is 0 Å². The third kappa shape index (κ3) is 4.09. The number of ether oxygens (including phenoxy) is 1. The second-order valence-electron chi connectivity index (χ2n) is 5.00. The number of carbonyl (C=O) groups excluding carboxylic acids is 1. The Bertz CT molecular complexity index is 322. The molecule has 0 aromatic heterocycles. The Morgan fingerprint density at radius 1 is 1.53 bits per heavy atom. The highest BCUT2D eigenvalue weighted by Crippen LogP contribution is 2.19. The summed E-state index contributed by atoms with van der Waals surface area (Å²) in [5, 5.41) is 8.98. The molecule has 110 valence electrons. The summed E-state index contributed by atoms with van der Waals surface area (Å²) in [7, 11) is 1.61. The number of carboxylic acids is 1. The number of carbonyl (C=O) groups is 2. The summed E-state index contributed by atoms with van der Waals surface area (Å²) < 4.78 is 5.03. The van der Waals surface area contributed by atoms with Gasteiger partial charge in [0.15, 0.2) is 0 Å². The Morgan fingerprint density at radius 3 is 2.68 bits per heavy atom. The van der Waals surface area contributed by atoms with E-state index in [2.05, 4.69) is 0 Å². The predicted molar refractivity (Wildman–Crippen MR) is 71.0 cm³/mol. The number of carboxylic acid groups (broad SMARTS) is 1. The van der Waals surface area contributed by atoms with Gasteiger partial charge < -0.3 is 19.6 Å². The van der Waals surface area contributed by atoms with Crippen molar-refractivity contribution < 1.29 is 19.4 Å². The van der Waals surface area contributed by atoms with Crippen LogP contribution in [0.5, 0.6) is 0 Å². The number of hydrogen-bond donors (Lipinski definition) is 1. The van der Waals surface area contributed by atoms with Crippen LogP contribution < -0.4 is 0 Å². The van der Waals surface area contributed by atoms with Crippen molar-refractivity contribution >= 4 is 12.0 Å². The molecule has 6 heteroatoms. The van der Waals surface area contributed by atoms with Gasteiger partial charge >= 0.3 is 12.0 Å². The molecule has 1 heterocycles. The summed E-state index contributed by atoms with van der Waals surface area (Å²) in [6, 6.07) is 0.0571. The maximum atomic E-state index is 12.4. The lowest BCUT2D eigenvalue weighted by molar-refractivity contribution is -0.141. The molecule has 1 rings (SSSR count). The zero-order valence-electron chi connectivity index (χ0n) is 12.0. The highest BCUT2D eigenvalue weighted by Gasteiger charge is 2.33. The van der Waals surface area contributed by atoms with Gasteiger partial charge in [0.2, 0.25) is 0 Å². The zero-order chi connectivity index (χ0) is 14.4. The van der Waals surface area contributed by atoms with Crippen LogP contribution >= 0.6 is 0 Å². The van der Waals surface area contributed by atoms with Crippen molar-refractivity contribution in [2.45, 2.75) is 32.7 Å². The molecule has 2 atom stereocenters. The molecule has 0 saturated carbocycles. The van der Waals surface area contributed by atoms with Crippen molar-refractivity contribution in [2.75, 3.05) is 33.4 Å². The van der Waals surface area contributed by atoms with E-state index in [1.807, 2.05) is 13.8 Å². The Balaban J connectivity index is 2.63. The van der Waals surface area contributed by atoms with Crippen LogP contribution in [0.15, 0.2) is 0 Å². The van der Waals surface area contributed by atoms with Gasteiger partial charge in [-0.3, -0.25) is 4.79 Å². The van der Waals surface area contributed by atoms with Crippen LogP contribution in [-0.4, -0.2) is 66.3 Å². The Hall–Kier alpha value is -1.30. The number of methoxy groups -OCH3 is 1. The first-order valence-corrected chi connectivity index (χ1v) is 6.78. The van der Waals surface area contributed by atoms with Gasteiger partial charge in [0, 0.05) is 32.8 Å². The third-order valence-corrected chi connectivity index (χ3v) is 3.71. The van der Waals surface area contributed by atoms with Crippen molar-refractivity contribution in [1.82, 2.24) is 9.80 Å². The summed E-state index contributed by atoms with van der Waals surface area (Å²) in [5.41, 5.74) is 0. The molecule has 0 spiro atoms. The summed E-state index contributed by atoms with van der Waals surface area (Å²) in [4.78, 5) is 26.8. The van der Waals surface area contributed by atoms with Gasteiger partial charge in [0.1, 0.15) is 0 Å². The number of urea groups is 1. The van der Waals surface area contributed by atoms with Gasteiger partial charge in [-0.15, -0.1) is 0 Å². The van der Waals surface area contributed by atoms with E-state index in [0.717, 1.165) is 6.42 Å². The van der Waals surface area contributed by atoms with E-state index in [1.54, 1.807) is 16.9 Å². The smallest absolute Gasteiger partial charge is 0.320 e. The van der Waals surface area contributed by atoms with Crippen LogP contribution in [0.1, 0.15) is 26.7 Å². The Morgan fingerprint density at radius 2 is 2.21 bits per heavy atom. The fraction of sp³-hybridized carbons (Fsp3) is 0.846. The number of amides is 2. The molecule has 6 nitrogen and oxygen atoms in total. The maximum Gasteiger partial charge on any atom is 0.320 e. The topological polar surface area (TPSA) is 70.1 Å². The Labute approximate surface area is 114 Å². The van der Waals surface area contributed by atoms with Crippen molar-refractivity contribution in [2.24, 2.45) is 5.92 Å². The molecule has 0 radical (unpaired) electrons. The minimum absolute atomic E-state index is 0.0739. The van der Waals surface area contributed by atoms with Crippen LogP contribution in [0.2, 0.25) is 0 Å². The molecule has 1 aliphatic rings. The normalized spacial score (nSPS) is 20.4. The van der Waals surface area contributed by atoms with Gasteiger partial charge in [-0.05, 0) is 19.8 Å². The monoisotopic (exact) mass is 272 g/mol. The molecule has 1 fully saturated rings. The van der Waals surface area contributed by atoms with Crippen LogP contribution in [0.4, 0.5) is 4.79 Å². The quantitative estimate of drug-likeness (QED) is 0.790. The van der Waals surface area contributed by atoms with E-state index in [4.69, 9.17) is 9.84 Å². The molecule has 2 unspecified atom stereocenters. The third-order valence-electron chi connectivity index (χ3n) is 3.71. The molecule has 0 bridgehead atoms. The minimum atomic E-state index is -0.817.